The van der Waals surface area contributed by atoms with Crippen LogP contribution < -0.4 is 10.6 Å². The van der Waals surface area contributed by atoms with Crippen molar-refractivity contribution in [1.29, 1.82) is 0 Å². The summed E-state index contributed by atoms with van der Waals surface area (Å²) in [6.45, 7) is 4.26. The minimum absolute atomic E-state index is 0.347. The second kappa shape index (κ2) is 7.51. The summed E-state index contributed by atoms with van der Waals surface area (Å²) in [5.74, 6) is 0. The predicted molar refractivity (Wildman–Crippen MR) is 85.4 cm³/mol. The van der Waals surface area contributed by atoms with Crippen LogP contribution in [0, 0.1) is 0 Å². The van der Waals surface area contributed by atoms with E-state index >= 15 is 0 Å². The van der Waals surface area contributed by atoms with Crippen LogP contribution in [-0.4, -0.2) is 13.2 Å². The third-order valence-corrected chi connectivity index (χ3v) is 7.46. The molecule has 2 aromatic rings. The fourth-order valence-corrected chi connectivity index (χ4v) is 6.48. The molecule has 0 aromatic carbocycles. The minimum Gasteiger partial charge on any atom is -0.143 e. The first-order valence-electron chi connectivity index (χ1n) is 6.04. The molecule has 4 nitrogen and oxygen atoms in total. The molecule has 2 heterocycles. The van der Waals surface area contributed by atoms with Crippen molar-refractivity contribution in [3.63, 3.8) is 0 Å². The summed E-state index contributed by atoms with van der Waals surface area (Å²) in [5, 5.41) is 4.72. The van der Waals surface area contributed by atoms with Crippen LogP contribution in [0.15, 0.2) is 22.9 Å². The third kappa shape index (κ3) is 3.40. The lowest BCUT2D eigenvalue weighted by molar-refractivity contribution is 0.355. The van der Waals surface area contributed by atoms with Crippen molar-refractivity contribution in [2.24, 2.45) is 0 Å². The molecular weight excluding hydrogens is 334 g/mol. The molecule has 0 saturated carbocycles. The van der Waals surface area contributed by atoms with E-state index in [1.807, 2.05) is 17.5 Å². The number of rotatable bonds is 7. The average molecular weight is 348 g/mol. The molecule has 2 unspecified atom stereocenters. The van der Waals surface area contributed by atoms with Gasteiger partial charge in [0.1, 0.15) is 18.1 Å². The largest absolute Gasteiger partial charge is 0.555 e. The van der Waals surface area contributed by atoms with Crippen molar-refractivity contribution in [2.45, 2.75) is 13.8 Å². The fraction of sp³-hybridized carbons (Fsp3) is 0.333. The highest BCUT2D eigenvalue weighted by Crippen LogP contribution is 2.38. The van der Waals surface area contributed by atoms with Crippen LogP contribution in [0.1, 0.15) is 13.8 Å². The summed E-state index contributed by atoms with van der Waals surface area (Å²) >= 11 is 2.98. The topological polar surface area (TPSA) is 52.6 Å². The number of thiophene rings is 2. The van der Waals surface area contributed by atoms with Gasteiger partial charge in [-0.2, -0.15) is 0 Å². The number of hydrogen-bond donors (Lipinski definition) is 0. The lowest BCUT2D eigenvalue weighted by Gasteiger charge is -1.90. The Kier molecular flexibility index (Phi) is 5.97. The van der Waals surface area contributed by atoms with Gasteiger partial charge in [-0.1, -0.05) is 6.07 Å². The van der Waals surface area contributed by atoms with Gasteiger partial charge in [-0.3, -0.25) is 0 Å². The van der Waals surface area contributed by atoms with Crippen molar-refractivity contribution in [2.75, 3.05) is 13.2 Å². The van der Waals surface area contributed by atoms with E-state index in [4.69, 9.17) is 9.05 Å². The Hall–Kier alpha value is -0.480. The van der Waals surface area contributed by atoms with Gasteiger partial charge in [0.15, 0.2) is 0 Å². The smallest absolute Gasteiger partial charge is 0.143 e. The lowest BCUT2D eigenvalue weighted by atomic mass is 10.4. The summed E-state index contributed by atoms with van der Waals surface area (Å²) in [6, 6.07) is 3.88. The maximum Gasteiger partial charge on any atom is 0.555 e. The average Bonchev–Trinajstić information content (AvgIpc) is 3.08. The molecule has 0 aliphatic rings. The highest BCUT2D eigenvalue weighted by atomic mass is 32.1. The highest BCUT2D eigenvalue weighted by Gasteiger charge is 2.43. The molecule has 0 saturated heterocycles. The van der Waals surface area contributed by atoms with Gasteiger partial charge < -0.3 is 0 Å². The third-order valence-electron chi connectivity index (χ3n) is 2.36. The Morgan fingerprint density at radius 3 is 2.40 bits per heavy atom. The minimum atomic E-state index is -2.02. The maximum absolute atomic E-state index is 12.3. The van der Waals surface area contributed by atoms with Crippen LogP contribution in [-0.2, 0) is 18.2 Å². The molecule has 0 bridgehead atoms. The van der Waals surface area contributed by atoms with Crippen molar-refractivity contribution in [3.8, 4) is 9.75 Å². The van der Waals surface area contributed by atoms with Gasteiger partial charge in [-0.05, 0) is 34.4 Å². The first-order valence-corrected chi connectivity index (χ1v) is 10.2. The Balaban J connectivity index is 2.48. The van der Waals surface area contributed by atoms with Crippen LogP contribution in [0.5, 0.6) is 0 Å². The summed E-state index contributed by atoms with van der Waals surface area (Å²) in [4.78, 5) is 1.85. The van der Waals surface area contributed by atoms with E-state index in [0.29, 0.717) is 23.8 Å². The SMILES string of the molecule is CCO[P+](=O)c1csc(-c2cccs2)c1[P+](=O)OCC. The van der Waals surface area contributed by atoms with E-state index in [0.717, 1.165) is 9.75 Å². The summed E-state index contributed by atoms with van der Waals surface area (Å²) < 4.78 is 34.8. The van der Waals surface area contributed by atoms with Gasteiger partial charge in [-0.25, -0.2) is 0 Å². The lowest BCUT2D eigenvalue weighted by Crippen LogP contribution is -2.16. The first kappa shape index (κ1) is 15.9. The van der Waals surface area contributed by atoms with Gasteiger partial charge >= 0.3 is 16.1 Å². The fourth-order valence-electron chi connectivity index (χ4n) is 1.60. The molecule has 0 radical (unpaired) electrons. The van der Waals surface area contributed by atoms with Gasteiger partial charge in [0.25, 0.3) is 10.6 Å². The molecule has 20 heavy (non-hydrogen) atoms. The van der Waals surface area contributed by atoms with Crippen molar-refractivity contribution in [3.05, 3.63) is 22.9 Å². The van der Waals surface area contributed by atoms with Crippen LogP contribution >= 0.6 is 38.7 Å². The van der Waals surface area contributed by atoms with Crippen molar-refractivity contribution in [1.82, 2.24) is 0 Å². The van der Waals surface area contributed by atoms with Gasteiger partial charge in [0.2, 0.25) is 0 Å². The molecule has 0 fully saturated rings. The summed E-state index contributed by atoms with van der Waals surface area (Å²) in [7, 11) is -4.02. The Bertz CT molecular complexity index is 607. The van der Waals surface area contributed by atoms with E-state index in [-0.39, 0.29) is 0 Å². The van der Waals surface area contributed by atoms with Crippen LogP contribution in [0.2, 0.25) is 0 Å². The summed E-state index contributed by atoms with van der Waals surface area (Å²) in [5.41, 5.74) is 0. The zero-order chi connectivity index (χ0) is 14.5. The molecule has 106 valence electrons. The van der Waals surface area contributed by atoms with E-state index in [2.05, 4.69) is 0 Å². The quantitative estimate of drug-likeness (QED) is 0.701. The van der Waals surface area contributed by atoms with Gasteiger partial charge in [0.05, 0.1) is 5.38 Å². The molecular formula is C12H14O4P2S2+2. The zero-order valence-corrected chi connectivity index (χ0v) is 14.5. The Morgan fingerprint density at radius 2 is 1.80 bits per heavy atom. The monoisotopic (exact) mass is 348 g/mol. The Labute approximate surface area is 127 Å². The van der Waals surface area contributed by atoms with E-state index in [1.165, 1.54) is 11.3 Å². The van der Waals surface area contributed by atoms with Crippen molar-refractivity contribution < 1.29 is 18.2 Å². The van der Waals surface area contributed by atoms with Gasteiger partial charge in [-0.15, -0.1) is 31.7 Å². The molecule has 2 rings (SSSR count). The predicted octanol–water partition coefficient (Wildman–Crippen LogP) is 4.29. The molecule has 0 amide bonds. The molecule has 2 atom stereocenters. The Morgan fingerprint density at radius 1 is 1.10 bits per heavy atom. The second-order valence-corrected chi connectivity index (χ2v) is 7.93. The molecule has 0 N–H and O–H groups in total. The highest BCUT2D eigenvalue weighted by molar-refractivity contribution is 7.57. The van der Waals surface area contributed by atoms with E-state index in [1.54, 1.807) is 30.6 Å². The van der Waals surface area contributed by atoms with Crippen LogP contribution in [0.4, 0.5) is 0 Å². The first-order chi connectivity index (χ1) is 9.69. The molecule has 0 aliphatic heterocycles. The standard InChI is InChI=1S/C12H14O4P2S2/c1-3-15-17(13)9-8-20-12(10-6-5-7-19-10)11(9)18(14)16-4-2/h5-8H,3-4H2,1-2H3/q+2. The van der Waals surface area contributed by atoms with Crippen LogP contribution in [0.25, 0.3) is 9.75 Å². The normalized spacial score (nSPS) is 12.5. The van der Waals surface area contributed by atoms with Crippen LogP contribution in [0.3, 0.4) is 0 Å². The molecule has 0 spiro atoms. The van der Waals surface area contributed by atoms with E-state index in [9.17, 15) is 9.13 Å². The molecule has 0 aliphatic carbocycles. The zero-order valence-electron chi connectivity index (χ0n) is 11.1. The van der Waals surface area contributed by atoms with E-state index < -0.39 is 16.1 Å². The van der Waals surface area contributed by atoms with Crippen molar-refractivity contribution >= 4 is 49.3 Å². The molecule has 2 aromatic heterocycles. The summed E-state index contributed by atoms with van der Waals surface area (Å²) in [6.07, 6.45) is 0. The second-order valence-electron chi connectivity index (χ2n) is 3.63. The maximum atomic E-state index is 12.3. The number of hydrogen-bond acceptors (Lipinski definition) is 6. The molecule has 8 heteroatoms. The van der Waals surface area contributed by atoms with Gasteiger partial charge in [0, 0.05) is 4.88 Å².